The monoisotopic (exact) mass is 342 g/mol. The molecule has 1 fully saturated rings. The van der Waals surface area contributed by atoms with E-state index in [1.165, 1.54) is 6.07 Å². The maximum absolute atomic E-state index is 13.6. The summed E-state index contributed by atoms with van der Waals surface area (Å²) in [6.45, 7) is 0. The molecule has 1 saturated carbocycles. The third-order valence-corrected chi connectivity index (χ3v) is 5.86. The molecule has 2 bridgehead atoms. The zero-order chi connectivity index (χ0) is 16.7. The number of hydrogen-bond donors (Lipinski definition) is 2. The molecule has 0 radical (unpaired) electrons. The van der Waals surface area contributed by atoms with E-state index in [1.54, 1.807) is 0 Å². The van der Waals surface area contributed by atoms with E-state index < -0.39 is 28.9 Å². The normalized spacial score (nSPS) is 29.0. The SMILES string of the molecule is Nc1c(Cl)cc2c(c1N)C[C@]13CC[C@@H](C1)C(=O)C(C(F)(F)F)=C23. The third kappa shape index (κ3) is 1.75. The van der Waals surface area contributed by atoms with Crippen LogP contribution in [0.1, 0.15) is 30.4 Å². The van der Waals surface area contributed by atoms with E-state index in [4.69, 9.17) is 23.1 Å². The molecule has 4 rings (SSSR count). The molecule has 3 aliphatic carbocycles. The van der Waals surface area contributed by atoms with Crippen LogP contribution in [0.15, 0.2) is 11.6 Å². The van der Waals surface area contributed by atoms with E-state index in [9.17, 15) is 18.0 Å². The fraction of sp³-hybridized carbons (Fsp3) is 0.438. The highest BCUT2D eigenvalue weighted by molar-refractivity contribution is 6.34. The topological polar surface area (TPSA) is 69.1 Å². The van der Waals surface area contributed by atoms with Crippen molar-refractivity contribution >= 4 is 34.3 Å². The fourth-order valence-electron chi connectivity index (χ4n) is 4.60. The quantitative estimate of drug-likeness (QED) is 0.705. The average molecular weight is 343 g/mol. The molecule has 0 unspecified atom stereocenters. The number of carbonyl (C=O) groups is 1. The van der Waals surface area contributed by atoms with Crippen molar-refractivity contribution in [2.24, 2.45) is 11.3 Å². The minimum Gasteiger partial charge on any atom is -0.397 e. The molecule has 122 valence electrons. The Bertz CT molecular complexity index is 799. The van der Waals surface area contributed by atoms with E-state index in [0.29, 0.717) is 36.8 Å². The van der Waals surface area contributed by atoms with E-state index in [-0.39, 0.29) is 22.0 Å². The van der Waals surface area contributed by atoms with Crippen LogP contribution in [0.25, 0.3) is 5.57 Å². The van der Waals surface area contributed by atoms with Crippen molar-refractivity contribution in [1.29, 1.82) is 0 Å². The smallest absolute Gasteiger partial charge is 0.397 e. The highest BCUT2D eigenvalue weighted by atomic mass is 35.5. The predicted octanol–water partition coefficient (Wildman–Crippen LogP) is 3.75. The van der Waals surface area contributed by atoms with Gasteiger partial charge in [-0.2, -0.15) is 13.2 Å². The molecular weight excluding hydrogens is 329 g/mol. The summed E-state index contributed by atoms with van der Waals surface area (Å²) in [5.74, 6) is -1.33. The van der Waals surface area contributed by atoms with Crippen LogP contribution in [0.5, 0.6) is 0 Å². The van der Waals surface area contributed by atoms with Gasteiger partial charge in [0.05, 0.1) is 16.4 Å². The second-order valence-electron chi connectivity index (χ2n) is 6.72. The molecular formula is C16H14ClF3N2O. The number of nitrogens with two attached hydrogens (primary N) is 2. The second-order valence-corrected chi connectivity index (χ2v) is 7.13. The van der Waals surface area contributed by atoms with E-state index in [1.807, 2.05) is 0 Å². The molecule has 1 aromatic carbocycles. The zero-order valence-electron chi connectivity index (χ0n) is 12.1. The van der Waals surface area contributed by atoms with Crippen LogP contribution in [0.3, 0.4) is 0 Å². The highest BCUT2D eigenvalue weighted by Crippen LogP contribution is 2.65. The largest absolute Gasteiger partial charge is 0.420 e. The Morgan fingerprint density at radius 2 is 1.96 bits per heavy atom. The zero-order valence-corrected chi connectivity index (χ0v) is 12.8. The van der Waals surface area contributed by atoms with Gasteiger partial charge >= 0.3 is 6.18 Å². The summed E-state index contributed by atoms with van der Waals surface area (Å²) in [4.78, 5) is 12.3. The van der Waals surface area contributed by atoms with Gasteiger partial charge in [0.2, 0.25) is 0 Å². The number of halogens is 4. The minimum atomic E-state index is -4.68. The summed E-state index contributed by atoms with van der Waals surface area (Å²) >= 11 is 6.03. The first-order valence-electron chi connectivity index (χ1n) is 7.38. The molecule has 23 heavy (non-hydrogen) atoms. The summed E-state index contributed by atoms with van der Waals surface area (Å²) in [7, 11) is 0. The number of alkyl halides is 3. The van der Waals surface area contributed by atoms with E-state index in [2.05, 4.69) is 0 Å². The van der Waals surface area contributed by atoms with Gasteiger partial charge in [-0.15, -0.1) is 0 Å². The first-order chi connectivity index (χ1) is 10.7. The molecule has 1 aromatic rings. The molecule has 3 nitrogen and oxygen atoms in total. The fourth-order valence-corrected chi connectivity index (χ4v) is 4.81. The second kappa shape index (κ2) is 4.23. The molecule has 1 spiro atoms. The number of ketones is 1. The molecule has 0 aromatic heterocycles. The predicted molar refractivity (Wildman–Crippen MR) is 81.7 cm³/mol. The van der Waals surface area contributed by atoms with Crippen LogP contribution in [0, 0.1) is 11.3 Å². The lowest BCUT2D eigenvalue weighted by Crippen LogP contribution is -2.34. The molecule has 2 atom stereocenters. The number of benzene rings is 1. The number of carbonyl (C=O) groups excluding carboxylic acids is 1. The summed E-state index contributed by atoms with van der Waals surface area (Å²) in [6, 6.07) is 1.43. The van der Waals surface area contributed by atoms with Gasteiger partial charge in [-0.05, 0) is 48.4 Å². The molecule has 7 heteroatoms. The minimum absolute atomic E-state index is 0.0901. The van der Waals surface area contributed by atoms with Crippen molar-refractivity contribution < 1.29 is 18.0 Å². The van der Waals surface area contributed by atoms with Gasteiger partial charge in [0.1, 0.15) is 5.57 Å². The molecule has 0 aliphatic heterocycles. The van der Waals surface area contributed by atoms with E-state index >= 15 is 0 Å². The average Bonchev–Trinajstić information content (AvgIpc) is 2.98. The maximum Gasteiger partial charge on any atom is 0.420 e. The molecule has 0 amide bonds. The first kappa shape index (κ1) is 14.9. The number of fused-ring (bicyclic) bond motifs is 3. The Kier molecular flexibility index (Phi) is 2.74. The highest BCUT2D eigenvalue weighted by Gasteiger charge is 2.59. The molecule has 0 heterocycles. The summed E-state index contributed by atoms with van der Waals surface area (Å²) in [6.07, 6.45) is -2.78. The molecule has 0 saturated heterocycles. The number of rotatable bonds is 0. The lowest BCUT2D eigenvalue weighted by Gasteiger charge is -2.33. The van der Waals surface area contributed by atoms with Crippen molar-refractivity contribution in [3.8, 4) is 0 Å². The van der Waals surface area contributed by atoms with Gasteiger partial charge < -0.3 is 11.5 Å². The van der Waals surface area contributed by atoms with Gasteiger partial charge in [0.15, 0.2) is 5.78 Å². The lowest BCUT2D eigenvalue weighted by molar-refractivity contribution is -0.132. The van der Waals surface area contributed by atoms with Gasteiger partial charge in [-0.3, -0.25) is 4.79 Å². The van der Waals surface area contributed by atoms with Crippen molar-refractivity contribution in [1.82, 2.24) is 0 Å². The Morgan fingerprint density at radius 3 is 2.61 bits per heavy atom. The maximum atomic E-state index is 13.6. The van der Waals surface area contributed by atoms with Crippen molar-refractivity contribution in [3.63, 3.8) is 0 Å². The molecule has 4 N–H and O–H groups in total. The molecule has 3 aliphatic rings. The van der Waals surface area contributed by atoms with Crippen LogP contribution in [-0.4, -0.2) is 12.0 Å². The summed E-state index contributed by atoms with van der Waals surface area (Å²) in [5.41, 5.74) is 11.6. The van der Waals surface area contributed by atoms with Crippen molar-refractivity contribution in [2.75, 3.05) is 11.5 Å². The number of anilines is 2. The van der Waals surface area contributed by atoms with Gasteiger partial charge in [-0.1, -0.05) is 11.6 Å². The van der Waals surface area contributed by atoms with Crippen molar-refractivity contribution in [2.45, 2.75) is 31.9 Å². The van der Waals surface area contributed by atoms with Gasteiger partial charge in [0.25, 0.3) is 0 Å². The van der Waals surface area contributed by atoms with Crippen LogP contribution in [0.4, 0.5) is 24.5 Å². The van der Waals surface area contributed by atoms with Gasteiger partial charge in [0, 0.05) is 11.3 Å². The van der Waals surface area contributed by atoms with Crippen LogP contribution in [-0.2, 0) is 11.2 Å². The lowest BCUT2D eigenvalue weighted by atomic mass is 9.71. The number of allylic oxidation sites excluding steroid dienone is 2. The Hall–Kier alpha value is -1.69. The summed E-state index contributed by atoms with van der Waals surface area (Å²) in [5, 5.41) is 0.125. The number of nitrogen functional groups attached to an aromatic ring is 2. The van der Waals surface area contributed by atoms with E-state index in [0.717, 1.165) is 0 Å². The van der Waals surface area contributed by atoms with Crippen LogP contribution < -0.4 is 11.5 Å². The number of hydrogen-bond acceptors (Lipinski definition) is 3. The first-order valence-corrected chi connectivity index (χ1v) is 7.76. The van der Waals surface area contributed by atoms with Crippen LogP contribution >= 0.6 is 11.6 Å². The summed E-state index contributed by atoms with van der Waals surface area (Å²) < 4.78 is 40.8. The Balaban J connectivity index is 2.09. The Morgan fingerprint density at radius 1 is 1.26 bits per heavy atom. The van der Waals surface area contributed by atoms with Crippen LogP contribution in [0.2, 0.25) is 5.02 Å². The number of Topliss-reactive ketones (excluding diaryl/α,β-unsaturated/α-hetero) is 1. The Labute approximate surface area is 135 Å². The standard InChI is InChI=1S/C16H14ClF3N2O/c17-9-3-7-8(12(21)13(9)22)5-15-2-1-6(4-15)14(23)11(10(7)15)16(18,19)20/h3,6H,1-2,4-5,21-22H2/t6-,15-/m0/s1. The van der Waals surface area contributed by atoms with Crippen molar-refractivity contribution in [3.05, 3.63) is 27.8 Å². The van der Waals surface area contributed by atoms with Gasteiger partial charge in [-0.25, -0.2) is 0 Å². The third-order valence-electron chi connectivity index (χ3n) is 5.54.